The van der Waals surface area contributed by atoms with Crippen LogP contribution in [0.1, 0.15) is 19.1 Å². The van der Waals surface area contributed by atoms with Gasteiger partial charge in [0.2, 0.25) is 0 Å². The van der Waals surface area contributed by atoms with Gasteiger partial charge in [-0.25, -0.2) is 9.97 Å². The molecule has 0 radical (unpaired) electrons. The number of aryl methyl sites for hydroxylation is 1. The molecule has 4 atom stereocenters. The molecule has 0 unspecified atom stereocenters. The molecule has 0 aliphatic carbocycles. The van der Waals surface area contributed by atoms with Gasteiger partial charge < -0.3 is 40.6 Å². The van der Waals surface area contributed by atoms with E-state index >= 15 is 0 Å². The monoisotopic (exact) mass is 486 g/mol. The third-order valence-corrected chi connectivity index (χ3v) is 6.75. The normalized spacial score (nSPS) is 25.9. The first-order chi connectivity index (χ1) is 16.9. The van der Waals surface area contributed by atoms with Gasteiger partial charge in [-0.2, -0.15) is 5.10 Å². The van der Waals surface area contributed by atoms with Gasteiger partial charge in [0.15, 0.2) is 12.3 Å². The molecule has 13 nitrogen and oxygen atoms in total. The molecule has 0 aromatic carbocycles. The predicted molar refractivity (Wildman–Crippen MR) is 125 cm³/mol. The van der Waals surface area contributed by atoms with Crippen LogP contribution in [0, 0.1) is 0 Å². The number of anilines is 1. The topological polar surface area (TPSA) is 177 Å². The molecule has 0 saturated carbocycles. The number of β-amino-alcohol motifs (C(OH)–C–C–N with tert-alkyl or cyclic N) is 1. The van der Waals surface area contributed by atoms with Crippen molar-refractivity contribution in [2.75, 3.05) is 32.0 Å². The standard InChI is InChI=1S/C22H30N8O5/c1-28-5-4-14(27-28)13-10-30(20-15(13)19(23)24-11-25-20)22-17(33)16(32)18(35-22)21(34)26-12-2-6-29(7-3-12)8-9-31/h4-5,10-12,16-18,22,31-33H,2-3,6-9H2,1H3,(H,26,34)(H2,23,24,25)/t16-,17+,18-,22+/m0/s1. The molecule has 2 aliphatic rings. The van der Waals surface area contributed by atoms with Crippen molar-refractivity contribution in [1.82, 2.24) is 34.5 Å². The van der Waals surface area contributed by atoms with Crippen LogP contribution >= 0.6 is 0 Å². The second-order valence-electron chi connectivity index (χ2n) is 9.06. The molecular weight excluding hydrogens is 456 g/mol. The number of nitrogen functional groups attached to an aromatic ring is 1. The Hall–Kier alpha value is -3.10. The fourth-order valence-electron chi connectivity index (χ4n) is 4.89. The van der Waals surface area contributed by atoms with Crippen LogP contribution in [0.5, 0.6) is 0 Å². The Bertz CT molecular complexity index is 1200. The van der Waals surface area contributed by atoms with Crippen molar-refractivity contribution in [3.63, 3.8) is 0 Å². The van der Waals surface area contributed by atoms with E-state index < -0.39 is 30.4 Å². The number of likely N-dealkylation sites (tertiary alicyclic amines) is 1. The summed E-state index contributed by atoms with van der Waals surface area (Å²) in [7, 11) is 1.79. The van der Waals surface area contributed by atoms with E-state index in [4.69, 9.17) is 15.6 Å². The largest absolute Gasteiger partial charge is 0.395 e. The maximum atomic E-state index is 13.0. The third-order valence-electron chi connectivity index (χ3n) is 6.75. The molecule has 3 aromatic heterocycles. The molecule has 5 heterocycles. The number of nitrogens with two attached hydrogens (primary N) is 1. The molecule has 2 aliphatic heterocycles. The minimum Gasteiger partial charge on any atom is -0.395 e. The molecule has 2 fully saturated rings. The molecule has 6 N–H and O–H groups in total. The van der Waals surface area contributed by atoms with Gasteiger partial charge in [0.1, 0.15) is 30.0 Å². The van der Waals surface area contributed by atoms with E-state index in [0.29, 0.717) is 28.8 Å². The minimum absolute atomic E-state index is 0.0693. The molecule has 188 valence electrons. The first kappa shape index (κ1) is 23.6. The van der Waals surface area contributed by atoms with Crippen molar-refractivity contribution in [2.45, 2.75) is 43.4 Å². The van der Waals surface area contributed by atoms with Crippen LogP contribution in [0.2, 0.25) is 0 Å². The lowest BCUT2D eigenvalue weighted by molar-refractivity contribution is -0.138. The number of aliphatic hydroxyl groups excluding tert-OH is 3. The van der Waals surface area contributed by atoms with E-state index in [1.807, 2.05) is 6.07 Å². The number of hydrogen-bond acceptors (Lipinski definition) is 10. The van der Waals surface area contributed by atoms with Crippen LogP contribution in [0.25, 0.3) is 22.3 Å². The highest BCUT2D eigenvalue weighted by Crippen LogP contribution is 2.38. The summed E-state index contributed by atoms with van der Waals surface area (Å²) in [6.45, 7) is 2.23. The number of nitrogens with zero attached hydrogens (tertiary/aromatic N) is 6. The highest BCUT2D eigenvalue weighted by Gasteiger charge is 2.48. The Morgan fingerprint density at radius 2 is 2.03 bits per heavy atom. The predicted octanol–water partition coefficient (Wildman–Crippen LogP) is -1.39. The van der Waals surface area contributed by atoms with Gasteiger partial charge in [0.05, 0.1) is 17.7 Å². The van der Waals surface area contributed by atoms with Crippen LogP contribution in [0.3, 0.4) is 0 Å². The number of carbonyl (C=O) groups excluding carboxylic acids is 1. The summed E-state index contributed by atoms with van der Waals surface area (Å²) in [4.78, 5) is 23.5. The lowest BCUT2D eigenvalue weighted by Crippen LogP contribution is -2.50. The Balaban J connectivity index is 1.37. The summed E-state index contributed by atoms with van der Waals surface area (Å²) in [5.74, 6) is -0.237. The second kappa shape index (κ2) is 9.51. The number of hydrogen-bond donors (Lipinski definition) is 5. The Kier molecular flexibility index (Phi) is 6.42. The summed E-state index contributed by atoms with van der Waals surface area (Å²) in [5.41, 5.74) is 7.82. The van der Waals surface area contributed by atoms with Crippen molar-refractivity contribution in [2.24, 2.45) is 7.05 Å². The van der Waals surface area contributed by atoms with Gasteiger partial charge in [-0.1, -0.05) is 0 Å². The number of aliphatic hydroxyl groups is 3. The molecule has 2 saturated heterocycles. The number of rotatable bonds is 6. The molecule has 35 heavy (non-hydrogen) atoms. The first-order valence-corrected chi connectivity index (χ1v) is 11.6. The van der Waals surface area contributed by atoms with Crippen LogP contribution in [0.15, 0.2) is 24.8 Å². The van der Waals surface area contributed by atoms with Crippen molar-refractivity contribution in [3.05, 3.63) is 24.8 Å². The fraction of sp³-hybridized carbons (Fsp3) is 0.545. The number of piperidine rings is 1. The average molecular weight is 487 g/mol. The van der Waals surface area contributed by atoms with Crippen LogP contribution < -0.4 is 11.1 Å². The molecule has 3 aromatic rings. The van der Waals surface area contributed by atoms with Crippen molar-refractivity contribution in [3.8, 4) is 11.3 Å². The SMILES string of the molecule is Cn1ccc(-c2cn([C@@H]3O[C@H](C(=O)NC4CCN(CCO)CC4)[C@@H](O)[C@H]3O)c3ncnc(N)c23)n1. The lowest BCUT2D eigenvalue weighted by Gasteiger charge is -2.32. The van der Waals surface area contributed by atoms with E-state index in [-0.39, 0.29) is 18.5 Å². The van der Waals surface area contributed by atoms with Gasteiger partial charge in [-0.15, -0.1) is 0 Å². The van der Waals surface area contributed by atoms with E-state index in [1.54, 1.807) is 28.7 Å². The number of nitrogens with one attached hydrogen (secondary N) is 1. The van der Waals surface area contributed by atoms with E-state index in [0.717, 1.165) is 25.9 Å². The number of carbonyl (C=O) groups is 1. The molecule has 13 heteroatoms. The number of fused-ring (bicyclic) bond motifs is 1. The van der Waals surface area contributed by atoms with Gasteiger partial charge in [0.25, 0.3) is 5.91 Å². The Morgan fingerprint density at radius 3 is 2.71 bits per heavy atom. The summed E-state index contributed by atoms with van der Waals surface area (Å²) in [6.07, 6.45) is 1.13. The zero-order valence-electron chi connectivity index (χ0n) is 19.4. The first-order valence-electron chi connectivity index (χ1n) is 11.6. The summed E-state index contributed by atoms with van der Waals surface area (Å²) in [6, 6.07) is 1.74. The number of amides is 1. The van der Waals surface area contributed by atoms with Crippen LogP contribution in [0.4, 0.5) is 5.82 Å². The van der Waals surface area contributed by atoms with Gasteiger partial charge >= 0.3 is 0 Å². The second-order valence-corrected chi connectivity index (χ2v) is 9.06. The maximum absolute atomic E-state index is 13.0. The van der Waals surface area contributed by atoms with Gasteiger partial charge in [-0.3, -0.25) is 9.48 Å². The van der Waals surface area contributed by atoms with E-state index in [9.17, 15) is 15.0 Å². The van der Waals surface area contributed by atoms with Gasteiger partial charge in [-0.05, 0) is 18.9 Å². The number of aromatic nitrogens is 5. The van der Waals surface area contributed by atoms with Crippen molar-refractivity contribution in [1.29, 1.82) is 0 Å². The fourth-order valence-corrected chi connectivity index (χ4v) is 4.89. The molecule has 1 amide bonds. The highest BCUT2D eigenvalue weighted by molar-refractivity contribution is 5.99. The quantitative estimate of drug-likeness (QED) is 0.279. The summed E-state index contributed by atoms with van der Waals surface area (Å²) < 4.78 is 9.13. The number of ether oxygens (including phenoxy) is 1. The lowest BCUT2D eigenvalue weighted by atomic mass is 10.0. The highest BCUT2D eigenvalue weighted by atomic mass is 16.6. The van der Waals surface area contributed by atoms with Crippen molar-refractivity contribution < 1.29 is 24.9 Å². The molecule has 5 rings (SSSR count). The smallest absolute Gasteiger partial charge is 0.252 e. The molecular formula is C22H30N8O5. The molecule has 0 bridgehead atoms. The zero-order valence-corrected chi connectivity index (χ0v) is 19.4. The van der Waals surface area contributed by atoms with Gasteiger partial charge in [0, 0.05) is 50.7 Å². The minimum atomic E-state index is -1.43. The Labute approximate surface area is 201 Å². The Morgan fingerprint density at radius 1 is 1.26 bits per heavy atom. The average Bonchev–Trinajstić information content (AvgIpc) is 3.52. The van der Waals surface area contributed by atoms with Crippen LogP contribution in [-0.2, 0) is 16.6 Å². The third kappa shape index (κ3) is 4.36. The maximum Gasteiger partial charge on any atom is 0.252 e. The van der Waals surface area contributed by atoms with E-state index in [2.05, 4.69) is 25.3 Å². The summed E-state index contributed by atoms with van der Waals surface area (Å²) in [5, 5.41) is 38.5. The van der Waals surface area contributed by atoms with Crippen molar-refractivity contribution >= 4 is 22.8 Å². The summed E-state index contributed by atoms with van der Waals surface area (Å²) >= 11 is 0. The molecule has 0 spiro atoms. The zero-order chi connectivity index (χ0) is 24.7. The van der Waals surface area contributed by atoms with E-state index in [1.165, 1.54) is 6.33 Å². The van der Waals surface area contributed by atoms with Crippen LogP contribution in [-0.4, -0.2) is 101 Å².